The number of hydrogen-bond donors (Lipinski definition) is 1. The first-order chi connectivity index (χ1) is 12.5. The molecule has 26 heavy (non-hydrogen) atoms. The molecule has 2 aromatic rings. The fourth-order valence-corrected chi connectivity index (χ4v) is 3.53. The van der Waals surface area contributed by atoms with Crippen LogP contribution in [0.25, 0.3) is 0 Å². The highest BCUT2D eigenvalue weighted by Gasteiger charge is 2.27. The molecular weight excluding hydrogens is 328 g/mol. The van der Waals surface area contributed by atoms with Gasteiger partial charge >= 0.3 is 5.97 Å². The van der Waals surface area contributed by atoms with Crippen LogP contribution in [0.5, 0.6) is 0 Å². The van der Waals surface area contributed by atoms with Crippen molar-refractivity contribution in [2.75, 3.05) is 5.73 Å². The maximum atomic E-state index is 12.7. The minimum atomic E-state index is -0.437. The molecule has 0 aliphatic heterocycles. The Bertz CT molecular complexity index is 718. The Labute approximate surface area is 154 Å². The zero-order chi connectivity index (χ0) is 18.5. The number of rotatable bonds is 6. The monoisotopic (exact) mass is 356 g/mol. The summed E-state index contributed by atoms with van der Waals surface area (Å²) in [7, 11) is 0. The summed E-state index contributed by atoms with van der Waals surface area (Å²) in [5.41, 5.74) is 7.37. The molecule has 6 nitrogen and oxygen atoms in total. The molecule has 0 radical (unpaired) electrons. The average Bonchev–Trinajstić information content (AvgIpc) is 3.11. The van der Waals surface area contributed by atoms with Crippen LogP contribution in [0.1, 0.15) is 69.2 Å². The van der Waals surface area contributed by atoms with Gasteiger partial charge in [0, 0.05) is 18.4 Å². The fourth-order valence-electron chi connectivity index (χ4n) is 3.53. The lowest BCUT2D eigenvalue weighted by molar-refractivity contribution is -0.149. The van der Waals surface area contributed by atoms with Gasteiger partial charge in [0.25, 0.3) is 0 Å². The highest BCUT2D eigenvalue weighted by atomic mass is 16.5. The van der Waals surface area contributed by atoms with Crippen molar-refractivity contribution in [3.8, 4) is 0 Å². The first-order valence-electron chi connectivity index (χ1n) is 9.47. The van der Waals surface area contributed by atoms with E-state index >= 15 is 0 Å². The van der Waals surface area contributed by atoms with E-state index in [2.05, 4.69) is 14.5 Å². The lowest BCUT2D eigenvalue weighted by Crippen LogP contribution is -2.22. The van der Waals surface area contributed by atoms with Crippen molar-refractivity contribution in [2.24, 2.45) is 0 Å². The van der Waals surface area contributed by atoms with Crippen molar-refractivity contribution in [1.82, 2.24) is 14.5 Å². The summed E-state index contributed by atoms with van der Waals surface area (Å²) < 4.78 is 7.66. The molecular formula is C20H28N4O2. The van der Waals surface area contributed by atoms with Crippen LogP contribution in [0.2, 0.25) is 0 Å². The third kappa shape index (κ3) is 4.62. The van der Waals surface area contributed by atoms with Crippen LogP contribution >= 0.6 is 0 Å². The summed E-state index contributed by atoms with van der Waals surface area (Å²) >= 11 is 0. The van der Waals surface area contributed by atoms with Gasteiger partial charge in [-0.1, -0.05) is 25.3 Å². The van der Waals surface area contributed by atoms with Crippen molar-refractivity contribution < 1.29 is 9.53 Å². The Morgan fingerprint density at radius 1 is 1.27 bits per heavy atom. The Hall–Kier alpha value is -2.37. The molecule has 0 spiro atoms. The van der Waals surface area contributed by atoms with Crippen LogP contribution in [0.3, 0.4) is 0 Å². The maximum absolute atomic E-state index is 12.7. The zero-order valence-electron chi connectivity index (χ0n) is 15.6. The molecule has 1 aliphatic rings. The van der Waals surface area contributed by atoms with Crippen molar-refractivity contribution in [3.63, 3.8) is 0 Å². The summed E-state index contributed by atoms with van der Waals surface area (Å²) in [6.07, 6.45) is 12.1. The smallest absolute Gasteiger partial charge is 0.315 e. The second kappa shape index (κ2) is 8.34. The van der Waals surface area contributed by atoms with E-state index in [4.69, 9.17) is 10.5 Å². The van der Waals surface area contributed by atoms with E-state index in [-0.39, 0.29) is 12.1 Å². The van der Waals surface area contributed by atoms with Gasteiger partial charge in [0.1, 0.15) is 11.7 Å². The predicted molar refractivity (Wildman–Crippen MR) is 101 cm³/mol. The molecule has 0 aromatic carbocycles. The third-order valence-electron chi connectivity index (χ3n) is 4.90. The van der Waals surface area contributed by atoms with Crippen molar-refractivity contribution >= 4 is 11.8 Å². The van der Waals surface area contributed by atoms with E-state index < -0.39 is 5.92 Å². The minimum absolute atomic E-state index is 0.157. The first kappa shape index (κ1) is 18.4. The number of anilines is 1. The summed E-state index contributed by atoms with van der Waals surface area (Å²) in [5, 5.41) is 0. The second-order valence-electron chi connectivity index (χ2n) is 7.37. The van der Waals surface area contributed by atoms with Crippen LogP contribution in [0.4, 0.5) is 5.82 Å². The van der Waals surface area contributed by atoms with Gasteiger partial charge in [-0.05, 0) is 44.7 Å². The summed E-state index contributed by atoms with van der Waals surface area (Å²) in [5.74, 6) is -0.213. The molecule has 0 saturated heterocycles. The predicted octanol–water partition coefficient (Wildman–Crippen LogP) is 3.64. The van der Waals surface area contributed by atoms with Gasteiger partial charge in [0.05, 0.1) is 18.1 Å². The van der Waals surface area contributed by atoms with Gasteiger partial charge in [-0.2, -0.15) is 0 Å². The Morgan fingerprint density at radius 2 is 2.04 bits per heavy atom. The molecule has 1 aliphatic carbocycles. The second-order valence-corrected chi connectivity index (χ2v) is 7.37. The average molecular weight is 356 g/mol. The number of ether oxygens (including phenoxy) is 1. The van der Waals surface area contributed by atoms with Crippen LogP contribution in [0.15, 0.2) is 30.9 Å². The minimum Gasteiger partial charge on any atom is -0.462 e. The number of nitrogens with zero attached hydrogens (tertiary/aromatic N) is 3. The molecule has 2 heterocycles. The number of imidazole rings is 1. The lowest BCUT2D eigenvalue weighted by Gasteiger charge is -2.22. The van der Waals surface area contributed by atoms with Gasteiger partial charge in [0.15, 0.2) is 0 Å². The van der Waals surface area contributed by atoms with Gasteiger partial charge in [0.2, 0.25) is 0 Å². The molecule has 6 heteroatoms. The van der Waals surface area contributed by atoms with Crippen molar-refractivity contribution in [2.45, 2.75) is 70.4 Å². The van der Waals surface area contributed by atoms with E-state index in [1.54, 1.807) is 12.3 Å². The largest absolute Gasteiger partial charge is 0.462 e. The highest BCUT2D eigenvalue weighted by Crippen LogP contribution is 2.30. The fraction of sp³-hybridized carbons (Fsp3) is 0.550. The molecule has 0 bridgehead atoms. The van der Waals surface area contributed by atoms with Gasteiger partial charge in [-0.15, -0.1) is 0 Å². The Balaban J connectivity index is 1.81. The zero-order valence-corrected chi connectivity index (χ0v) is 15.6. The van der Waals surface area contributed by atoms with E-state index in [9.17, 15) is 4.79 Å². The van der Waals surface area contributed by atoms with Crippen molar-refractivity contribution in [1.29, 1.82) is 0 Å². The molecule has 0 amide bonds. The normalized spacial score (nSPS) is 16.6. The Morgan fingerprint density at radius 3 is 2.69 bits per heavy atom. The topological polar surface area (TPSA) is 83.0 Å². The van der Waals surface area contributed by atoms with E-state index in [0.29, 0.717) is 18.3 Å². The molecule has 1 unspecified atom stereocenters. The number of carbonyl (C=O) groups excluding carboxylic acids is 1. The molecule has 2 N–H and O–H groups in total. The molecule has 2 aromatic heterocycles. The van der Waals surface area contributed by atoms with Crippen molar-refractivity contribution in [3.05, 3.63) is 42.1 Å². The molecule has 1 atom stereocenters. The number of aromatic nitrogens is 3. The molecule has 3 rings (SSSR count). The van der Waals surface area contributed by atoms with Crippen LogP contribution in [0, 0.1) is 0 Å². The number of hydrogen-bond acceptors (Lipinski definition) is 5. The number of carbonyl (C=O) groups is 1. The highest BCUT2D eigenvalue weighted by molar-refractivity contribution is 5.78. The van der Waals surface area contributed by atoms with Crippen LogP contribution in [-0.2, 0) is 16.0 Å². The number of esters is 1. The maximum Gasteiger partial charge on any atom is 0.315 e. The van der Waals surface area contributed by atoms with E-state index in [0.717, 1.165) is 11.3 Å². The standard InChI is InChI=1S/C20H28N4O2/c1-14(2)26-20(25)17(10-15-8-9-19(21)22-11-15)18-12-24(13-23-18)16-6-4-3-5-7-16/h8-9,11-14,16-17H,3-7,10H2,1-2H3,(H2,21,22). The lowest BCUT2D eigenvalue weighted by atomic mass is 9.95. The van der Waals surface area contributed by atoms with Gasteiger partial charge in [-0.25, -0.2) is 9.97 Å². The summed E-state index contributed by atoms with van der Waals surface area (Å²) in [6.45, 7) is 3.72. The van der Waals surface area contributed by atoms with Crippen LogP contribution in [-0.4, -0.2) is 26.6 Å². The summed E-state index contributed by atoms with van der Waals surface area (Å²) in [6, 6.07) is 4.14. The number of nitrogen functional groups attached to an aromatic ring is 1. The molecule has 1 fully saturated rings. The third-order valence-corrected chi connectivity index (χ3v) is 4.90. The molecule has 140 valence electrons. The Kier molecular flexibility index (Phi) is 5.91. The van der Waals surface area contributed by atoms with Gasteiger partial charge in [-0.3, -0.25) is 4.79 Å². The van der Waals surface area contributed by atoms with E-state index in [1.165, 1.54) is 32.1 Å². The number of nitrogens with two attached hydrogens (primary N) is 1. The quantitative estimate of drug-likeness (QED) is 0.799. The van der Waals surface area contributed by atoms with E-state index in [1.807, 2.05) is 32.4 Å². The number of pyridine rings is 1. The van der Waals surface area contributed by atoms with Crippen LogP contribution < -0.4 is 5.73 Å². The van der Waals surface area contributed by atoms with Gasteiger partial charge < -0.3 is 15.0 Å². The molecule has 1 saturated carbocycles. The first-order valence-corrected chi connectivity index (χ1v) is 9.47. The SMILES string of the molecule is CC(C)OC(=O)C(Cc1ccc(N)nc1)c1cn(C2CCCCC2)cn1. The summed E-state index contributed by atoms with van der Waals surface area (Å²) in [4.78, 5) is 21.4.